The van der Waals surface area contributed by atoms with E-state index in [0.29, 0.717) is 5.56 Å². The first-order chi connectivity index (χ1) is 17.4. The van der Waals surface area contributed by atoms with E-state index in [-0.39, 0.29) is 5.90 Å². The monoisotopic (exact) mass is 486 g/mol. The number of ether oxygens (including phenoxy) is 2. The van der Waals surface area contributed by atoms with Gasteiger partial charge in [0.1, 0.15) is 5.60 Å². The van der Waals surface area contributed by atoms with Crippen molar-refractivity contribution in [2.24, 2.45) is 4.99 Å². The molecule has 0 aliphatic carbocycles. The number of fused-ring (bicyclic) bond motifs is 1. The van der Waals surface area contributed by atoms with Crippen molar-refractivity contribution in [1.82, 2.24) is 4.90 Å². The van der Waals surface area contributed by atoms with Gasteiger partial charge in [-0.2, -0.15) is 0 Å². The fourth-order valence-corrected chi connectivity index (χ4v) is 4.50. The maximum Gasteiger partial charge on any atom is 0.333 e. The zero-order valence-corrected chi connectivity index (χ0v) is 19.6. The Kier molecular flexibility index (Phi) is 6.30. The van der Waals surface area contributed by atoms with Gasteiger partial charge in [-0.05, 0) is 30.2 Å². The first kappa shape index (κ1) is 23.7. The number of hydrogen-bond donors (Lipinski definition) is 2. The van der Waals surface area contributed by atoms with Crippen LogP contribution in [0.25, 0.3) is 0 Å². The van der Waals surface area contributed by atoms with Crippen LogP contribution in [0.15, 0.2) is 96.0 Å². The lowest BCUT2D eigenvalue weighted by Crippen LogP contribution is -2.73. The third-order valence-electron chi connectivity index (χ3n) is 6.41. The zero-order chi connectivity index (χ0) is 25.3. The summed E-state index contributed by atoms with van der Waals surface area (Å²) in [4.78, 5) is 32.2. The van der Waals surface area contributed by atoms with Gasteiger partial charge in [-0.15, -0.1) is 0 Å². The maximum absolute atomic E-state index is 13.6. The number of carbonyl (C=O) groups excluding carboxylic acids is 2. The van der Waals surface area contributed by atoms with E-state index in [4.69, 9.17) is 9.47 Å². The van der Waals surface area contributed by atoms with Crippen molar-refractivity contribution in [2.45, 2.75) is 36.9 Å². The summed E-state index contributed by atoms with van der Waals surface area (Å²) in [6, 6.07) is 25.1. The minimum Gasteiger partial charge on any atom is -0.451 e. The number of esters is 1. The quantitative estimate of drug-likeness (QED) is 0.374. The second kappa shape index (κ2) is 9.56. The largest absolute Gasteiger partial charge is 0.451 e. The number of carbonyl (C=O) groups is 2. The third-order valence-corrected chi connectivity index (χ3v) is 6.41. The normalized spacial score (nSPS) is 21.1. The highest BCUT2D eigenvalue weighted by atomic mass is 16.6. The topological polar surface area (TPSA) is 109 Å². The van der Waals surface area contributed by atoms with Crippen LogP contribution in [0.2, 0.25) is 0 Å². The van der Waals surface area contributed by atoms with Gasteiger partial charge in [-0.3, -0.25) is 9.69 Å². The van der Waals surface area contributed by atoms with Crippen LogP contribution in [0.5, 0.6) is 0 Å². The van der Waals surface area contributed by atoms with Gasteiger partial charge in [0.25, 0.3) is 5.91 Å². The zero-order valence-electron chi connectivity index (χ0n) is 19.6. The standard InChI is InChI=1S/C28H26N2O6/c1-28(34,17-31)23(30-25(32)21-26(30)36-24(29-21)20-15-9-4-10-16-20)27(33)35-22(18-11-5-2-6-12-18)19-13-7-3-8-14-19/h2-16,21-23,26,31,34H,17H2,1H3. The van der Waals surface area contributed by atoms with E-state index >= 15 is 0 Å². The molecule has 2 heterocycles. The molecule has 1 fully saturated rings. The van der Waals surface area contributed by atoms with Crippen molar-refractivity contribution in [1.29, 1.82) is 0 Å². The van der Waals surface area contributed by atoms with Crippen LogP contribution in [0.4, 0.5) is 0 Å². The van der Waals surface area contributed by atoms with Crippen LogP contribution >= 0.6 is 0 Å². The Bertz CT molecular complexity index is 1220. The second-order valence-electron chi connectivity index (χ2n) is 9.06. The van der Waals surface area contributed by atoms with Crippen molar-refractivity contribution >= 4 is 17.8 Å². The molecule has 3 aromatic carbocycles. The average Bonchev–Trinajstić information content (AvgIpc) is 3.32. The lowest BCUT2D eigenvalue weighted by atomic mass is 9.90. The maximum atomic E-state index is 13.6. The van der Waals surface area contributed by atoms with E-state index in [1.54, 1.807) is 12.1 Å². The highest BCUT2D eigenvalue weighted by molar-refractivity contribution is 6.03. The highest BCUT2D eigenvalue weighted by Gasteiger charge is 2.61. The van der Waals surface area contributed by atoms with Gasteiger partial charge in [-0.1, -0.05) is 78.9 Å². The fourth-order valence-electron chi connectivity index (χ4n) is 4.50. The highest BCUT2D eigenvalue weighted by Crippen LogP contribution is 2.37. The average molecular weight is 487 g/mol. The van der Waals surface area contributed by atoms with Crippen molar-refractivity contribution in [3.05, 3.63) is 108 Å². The van der Waals surface area contributed by atoms with Crippen molar-refractivity contribution in [3.63, 3.8) is 0 Å². The molecule has 2 aliphatic rings. The van der Waals surface area contributed by atoms with Gasteiger partial charge in [0.2, 0.25) is 12.1 Å². The number of aliphatic imine (C=N–C) groups is 1. The molecular weight excluding hydrogens is 460 g/mol. The lowest BCUT2D eigenvalue weighted by Gasteiger charge is -2.48. The molecule has 2 N–H and O–H groups in total. The smallest absolute Gasteiger partial charge is 0.333 e. The summed E-state index contributed by atoms with van der Waals surface area (Å²) in [5.41, 5.74) is 0.146. The summed E-state index contributed by atoms with van der Waals surface area (Å²) in [6.45, 7) is 0.509. The number of nitrogens with zero attached hydrogens (tertiary/aromatic N) is 2. The van der Waals surface area contributed by atoms with Gasteiger partial charge in [0.15, 0.2) is 18.2 Å². The van der Waals surface area contributed by atoms with Crippen LogP contribution < -0.4 is 0 Å². The van der Waals surface area contributed by atoms with Crippen LogP contribution in [-0.2, 0) is 19.1 Å². The molecule has 0 bridgehead atoms. The summed E-state index contributed by atoms with van der Waals surface area (Å²) >= 11 is 0. The minimum absolute atomic E-state index is 0.281. The molecule has 36 heavy (non-hydrogen) atoms. The molecule has 4 unspecified atom stereocenters. The summed E-state index contributed by atoms with van der Waals surface area (Å²) in [5.74, 6) is -1.07. The SMILES string of the molecule is CC(O)(CO)C(C(=O)OC(c1ccccc1)c1ccccc1)N1C(=O)C2N=C(c3ccccc3)OC21. The van der Waals surface area contributed by atoms with Crippen LogP contribution in [0.3, 0.4) is 0 Å². The number of rotatable bonds is 8. The molecule has 1 amide bonds. The number of hydrogen-bond acceptors (Lipinski definition) is 7. The molecule has 0 radical (unpaired) electrons. The Morgan fingerprint density at radius 3 is 2.06 bits per heavy atom. The molecule has 0 spiro atoms. The van der Waals surface area contributed by atoms with Crippen LogP contribution in [0, 0.1) is 0 Å². The fraction of sp³-hybridized carbons (Fsp3) is 0.250. The number of amides is 1. The first-order valence-electron chi connectivity index (χ1n) is 11.7. The van der Waals surface area contributed by atoms with Crippen molar-refractivity contribution < 1.29 is 29.3 Å². The van der Waals surface area contributed by atoms with Crippen LogP contribution in [0.1, 0.15) is 29.7 Å². The molecule has 3 aromatic rings. The molecule has 0 saturated carbocycles. The third kappa shape index (κ3) is 4.25. The van der Waals surface area contributed by atoms with Gasteiger partial charge >= 0.3 is 5.97 Å². The van der Waals surface area contributed by atoms with E-state index in [9.17, 15) is 19.8 Å². The molecule has 4 atom stereocenters. The van der Waals surface area contributed by atoms with Gasteiger partial charge < -0.3 is 19.7 Å². The summed E-state index contributed by atoms with van der Waals surface area (Å²) < 4.78 is 11.9. The Labute approximate surface area is 208 Å². The summed E-state index contributed by atoms with van der Waals surface area (Å²) in [7, 11) is 0. The molecule has 8 nitrogen and oxygen atoms in total. The van der Waals surface area contributed by atoms with Crippen LogP contribution in [-0.4, -0.2) is 63.4 Å². The summed E-state index contributed by atoms with van der Waals surface area (Å²) in [6.07, 6.45) is -1.68. The molecule has 184 valence electrons. The second-order valence-corrected chi connectivity index (χ2v) is 9.06. The van der Waals surface area contributed by atoms with E-state index in [0.717, 1.165) is 16.0 Å². The number of benzene rings is 3. The van der Waals surface area contributed by atoms with E-state index in [1.165, 1.54) is 6.92 Å². The molecular formula is C28H26N2O6. The Morgan fingerprint density at radius 1 is 1.00 bits per heavy atom. The molecule has 2 aliphatic heterocycles. The predicted octanol–water partition coefficient (Wildman–Crippen LogP) is 2.45. The first-order valence-corrected chi connectivity index (χ1v) is 11.7. The molecule has 1 saturated heterocycles. The predicted molar refractivity (Wildman–Crippen MR) is 131 cm³/mol. The lowest BCUT2D eigenvalue weighted by molar-refractivity contribution is -0.199. The van der Waals surface area contributed by atoms with E-state index < -0.39 is 48.5 Å². The van der Waals surface area contributed by atoms with E-state index in [2.05, 4.69) is 4.99 Å². The summed E-state index contributed by atoms with van der Waals surface area (Å²) in [5, 5.41) is 21.0. The van der Waals surface area contributed by atoms with E-state index in [1.807, 2.05) is 78.9 Å². The Morgan fingerprint density at radius 2 is 1.53 bits per heavy atom. The van der Waals surface area contributed by atoms with Gasteiger partial charge in [0, 0.05) is 5.56 Å². The molecule has 0 aromatic heterocycles. The Hall–Kier alpha value is -4.01. The van der Waals surface area contributed by atoms with Crippen molar-refractivity contribution in [2.75, 3.05) is 6.61 Å². The molecule has 8 heteroatoms. The van der Waals surface area contributed by atoms with Gasteiger partial charge in [0.05, 0.1) is 6.61 Å². The number of aliphatic hydroxyl groups is 2. The minimum atomic E-state index is -1.99. The Balaban J connectivity index is 1.44. The van der Waals surface area contributed by atoms with Crippen molar-refractivity contribution in [3.8, 4) is 0 Å². The number of aliphatic hydroxyl groups excluding tert-OH is 1. The number of likely N-dealkylation sites (tertiary alicyclic amines) is 1. The molecule has 5 rings (SSSR count). The van der Waals surface area contributed by atoms with Gasteiger partial charge in [-0.25, -0.2) is 9.79 Å². The number of β-lactam (4-membered cyclic amide) rings is 1.